The van der Waals surface area contributed by atoms with Gasteiger partial charge in [0.15, 0.2) is 0 Å². The predicted octanol–water partition coefficient (Wildman–Crippen LogP) is 1.88. The number of aryl methyl sites for hydroxylation is 1. The molecule has 136 valence electrons. The number of carbonyl (C=O) groups excluding carboxylic acids is 3. The third kappa shape index (κ3) is 5.20. The fourth-order valence-corrected chi connectivity index (χ4v) is 2.78. The Balaban J connectivity index is 2.00. The molecule has 1 aromatic carbocycles. The molecular weight excluding hydrogens is 320 g/mol. The van der Waals surface area contributed by atoms with Gasteiger partial charge in [0.1, 0.15) is 0 Å². The van der Waals surface area contributed by atoms with Crippen LogP contribution in [-0.4, -0.2) is 48.4 Å². The van der Waals surface area contributed by atoms with Crippen LogP contribution in [0.25, 0.3) is 0 Å². The van der Waals surface area contributed by atoms with Crippen LogP contribution in [0.1, 0.15) is 42.6 Å². The Hall–Kier alpha value is -2.57. The summed E-state index contributed by atoms with van der Waals surface area (Å²) < 4.78 is 0. The zero-order valence-corrected chi connectivity index (χ0v) is 15.0. The second-order valence-corrected chi connectivity index (χ2v) is 6.35. The van der Waals surface area contributed by atoms with Crippen molar-refractivity contribution in [2.75, 3.05) is 25.0 Å². The van der Waals surface area contributed by atoms with Crippen molar-refractivity contribution >= 4 is 23.5 Å². The van der Waals surface area contributed by atoms with Gasteiger partial charge in [-0.25, -0.2) is 4.79 Å². The molecule has 0 aliphatic carbocycles. The molecule has 1 heterocycles. The Kier molecular flexibility index (Phi) is 6.38. The highest BCUT2D eigenvalue weighted by Crippen LogP contribution is 2.19. The molecule has 0 spiro atoms. The Morgan fingerprint density at radius 2 is 2.04 bits per heavy atom. The van der Waals surface area contributed by atoms with E-state index >= 15 is 0 Å². The van der Waals surface area contributed by atoms with E-state index in [1.54, 1.807) is 17.0 Å². The highest BCUT2D eigenvalue weighted by atomic mass is 16.2. The fourth-order valence-electron chi connectivity index (χ4n) is 2.78. The molecule has 7 nitrogen and oxygen atoms in total. The van der Waals surface area contributed by atoms with Crippen LogP contribution in [0.4, 0.5) is 10.5 Å². The van der Waals surface area contributed by atoms with E-state index in [1.807, 2.05) is 19.9 Å². The van der Waals surface area contributed by atoms with Crippen molar-refractivity contribution < 1.29 is 14.4 Å². The van der Waals surface area contributed by atoms with Crippen LogP contribution in [-0.2, 0) is 4.79 Å². The maximum atomic E-state index is 12.5. The Morgan fingerprint density at radius 3 is 2.72 bits per heavy atom. The van der Waals surface area contributed by atoms with Gasteiger partial charge in [0, 0.05) is 43.9 Å². The first-order chi connectivity index (χ1) is 11.9. The molecule has 1 atom stereocenters. The predicted molar refractivity (Wildman–Crippen MR) is 96.6 cm³/mol. The lowest BCUT2D eigenvalue weighted by Crippen LogP contribution is -2.39. The molecule has 1 saturated heterocycles. The number of rotatable bonds is 5. The highest BCUT2D eigenvalue weighted by molar-refractivity contribution is 5.97. The molecule has 25 heavy (non-hydrogen) atoms. The van der Waals surface area contributed by atoms with Crippen molar-refractivity contribution in [2.45, 2.75) is 39.7 Å². The minimum absolute atomic E-state index is 0.00416. The number of nitrogens with zero attached hydrogens (tertiary/aromatic N) is 1. The summed E-state index contributed by atoms with van der Waals surface area (Å²) in [5, 5.41) is 8.53. The molecule has 0 radical (unpaired) electrons. The van der Waals surface area contributed by atoms with Gasteiger partial charge in [-0.1, -0.05) is 13.0 Å². The Labute approximate surface area is 148 Å². The van der Waals surface area contributed by atoms with Crippen molar-refractivity contribution in [3.05, 3.63) is 29.3 Å². The van der Waals surface area contributed by atoms with Crippen molar-refractivity contribution in [1.82, 2.24) is 15.5 Å². The van der Waals surface area contributed by atoms with Gasteiger partial charge in [0.05, 0.1) is 0 Å². The SMILES string of the molecule is CCCNC(=O)c1ccc(C)c(NC(=O)N2CC[C@H](NC(C)=O)C2)c1. The molecule has 1 aliphatic rings. The molecule has 0 unspecified atom stereocenters. The normalized spacial score (nSPS) is 16.4. The summed E-state index contributed by atoms with van der Waals surface area (Å²) in [5.74, 6) is -0.238. The fraction of sp³-hybridized carbons (Fsp3) is 0.500. The number of urea groups is 1. The first-order valence-corrected chi connectivity index (χ1v) is 8.62. The van der Waals surface area contributed by atoms with Gasteiger partial charge in [0.2, 0.25) is 5.91 Å². The number of anilines is 1. The number of benzene rings is 1. The largest absolute Gasteiger partial charge is 0.352 e. The summed E-state index contributed by atoms with van der Waals surface area (Å²) in [6.45, 7) is 7.04. The van der Waals surface area contributed by atoms with Crippen LogP contribution >= 0.6 is 0 Å². The topological polar surface area (TPSA) is 90.5 Å². The van der Waals surface area contributed by atoms with E-state index in [0.29, 0.717) is 30.9 Å². The van der Waals surface area contributed by atoms with Crippen LogP contribution in [0, 0.1) is 6.92 Å². The molecule has 2 rings (SSSR count). The summed E-state index contributed by atoms with van der Waals surface area (Å²) >= 11 is 0. The summed E-state index contributed by atoms with van der Waals surface area (Å²) in [4.78, 5) is 37.3. The lowest BCUT2D eigenvalue weighted by Gasteiger charge is -2.19. The van der Waals surface area contributed by atoms with E-state index < -0.39 is 0 Å². The van der Waals surface area contributed by atoms with Crippen molar-refractivity contribution in [3.8, 4) is 0 Å². The maximum Gasteiger partial charge on any atom is 0.321 e. The average Bonchev–Trinajstić information content (AvgIpc) is 3.02. The van der Waals surface area contributed by atoms with Gasteiger partial charge >= 0.3 is 6.03 Å². The molecule has 0 aromatic heterocycles. The third-order valence-electron chi connectivity index (χ3n) is 4.16. The van der Waals surface area contributed by atoms with Crippen molar-refractivity contribution in [3.63, 3.8) is 0 Å². The summed E-state index contributed by atoms with van der Waals surface area (Å²) in [6.07, 6.45) is 1.61. The lowest BCUT2D eigenvalue weighted by molar-refractivity contribution is -0.119. The van der Waals surface area contributed by atoms with E-state index in [1.165, 1.54) is 6.92 Å². The van der Waals surface area contributed by atoms with Crippen LogP contribution in [0.5, 0.6) is 0 Å². The lowest BCUT2D eigenvalue weighted by atomic mass is 10.1. The standard InChI is InChI=1S/C18H26N4O3/c1-4-8-19-17(24)14-6-5-12(2)16(10-14)21-18(25)22-9-7-15(11-22)20-13(3)23/h5-6,10,15H,4,7-9,11H2,1-3H3,(H,19,24)(H,20,23)(H,21,25)/t15-/m0/s1. The van der Waals surface area contributed by atoms with E-state index in [2.05, 4.69) is 16.0 Å². The number of likely N-dealkylation sites (tertiary alicyclic amines) is 1. The maximum absolute atomic E-state index is 12.5. The van der Waals surface area contributed by atoms with Gasteiger partial charge in [-0.2, -0.15) is 0 Å². The van der Waals surface area contributed by atoms with Gasteiger partial charge in [0.25, 0.3) is 5.91 Å². The summed E-state index contributed by atoms with van der Waals surface area (Å²) in [6, 6.07) is 5.04. The smallest absolute Gasteiger partial charge is 0.321 e. The Morgan fingerprint density at radius 1 is 1.28 bits per heavy atom. The van der Waals surface area contributed by atoms with Crippen molar-refractivity contribution in [1.29, 1.82) is 0 Å². The molecule has 1 fully saturated rings. The van der Waals surface area contributed by atoms with E-state index in [-0.39, 0.29) is 23.9 Å². The molecule has 3 N–H and O–H groups in total. The zero-order chi connectivity index (χ0) is 18.4. The van der Waals surface area contributed by atoms with Crippen LogP contribution < -0.4 is 16.0 Å². The molecule has 0 saturated carbocycles. The summed E-state index contributed by atoms with van der Waals surface area (Å²) in [5.41, 5.74) is 2.03. The molecular formula is C18H26N4O3. The van der Waals surface area contributed by atoms with E-state index in [0.717, 1.165) is 18.4 Å². The molecule has 1 aliphatic heterocycles. The first-order valence-electron chi connectivity index (χ1n) is 8.62. The highest BCUT2D eigenvalue weighted by Gasteiger charge is 2.27. The number of nitrogens with one attached hydrogen (secondary N) is 3. The number of hydrogen-bond donors (Lipinski definition) is 3. The number of hydrogen-bond acceptors (Lipinski definition) is 3. The van der Waals surface area contributed by atoms with Gasteiger partial charge in [-0.3, -0.25) is 9.59 Å². The second kappa shape index (κ2) is 8.50. The monoisotopic (exact) mass is 346 g/mol. The van der Waals surface area contributed by atoms with Crippen LogP contribution in [0.3, 0.4) is 0 Å². The van der Waals surface area contributed by atoms with Gasteiger partial charge in [-0.15, -0.1) is 0 Å². The van der Waals surface area contributed by atoms with Gasteiger partial charge in [-0.05, 0) is 37.5 Å². The Bertz CT molecular complexity index is 660. The van der Waals surface area contributed by atoms with E-state index in [4.69, 9.17) is 0 Å². The minimum atomic E-state index is -0.220. The molecule has 0 bridgehead atoms. The average molecular weight is 346 g/mol. The molecule has 1 aromatic rings. The second-order valence-electron chi connectivity index (χ2n) is 6.35. The zero-order valence-electron chi connectivity index (χ0n) is 15.0. The number of carbonyl (C=O) groups is 3. The van der Waals surface area contributed by atoms with Gasteiger partial charge < -0.3 is 20.9 Å². The molecule has 4 amide bonds. The number of amides is 4. The van der Waals surface area contributed by atoms with Crippen LogP contribution in [0.15, 0.2) is 18.2 Å². The van der Waals surface area contributed by atoms with E-state index in [9.17, 15) is 14.4 Å². The van der Waals surface area contributed by atoms with Crippen molar-refractivity contribution in [2.24, 2.45) is 0 Å². The van der Waals surface area contributed by atoms with Crippen LogP contribution in [0.2, 0.25) is 0 Å². The first kappa shape index (κ1) is 18.8. The molecule has 7 heteroatoms. The quantitative estimate of drug-likeness (QED) is 0.760. The summed E-state index contributed by atoms with van der Waals surface area (Å²) in [7, 11) is 0. The third-order valence-corrected chi connectivity index (χ3v) is 4.16. The minimum Gasteiger partial charge on any atom is -0.352 e.